The highest BCUT2D eigenvalue weighted by molar-refractivity contribution is 7.13. The monoisotopic (exact) mass is 222 g/mol. The molecule has 0 aliphatic heterocycles. The van der Waals surface area contributed by atoms with E-state index >= 15 is 0 Å². The fraction of sp³-hybridized carbons (Fsp3) is 0.200. The van der Waals surface area contributed by atoms with E-state index in [2.05, 4.69) is 9.97 Å². The van der Waals surface area contributed by atoms with Gasteiger partial charge in [0.2, 0.25) is 0 Å². The quantitative estimate of drug-likeness (QED) is 0.811. The van der Waals surface area contributed by atoms with E-state index in [1.54, 1.807) is 12.3 Å². The van der Waals surface area contributed by atoms with Crippen LogP contribution in [0.1, 0.15) is 17.4 Å². The maximum atomic E-state index is 11.3. The van der Waals surface area contributed by atoms with Crippen molar-refractivity contribution in [3.05, 3.63) is 29.4 Å². The average Bonchev–Trinajstić information content (AvgIpc) is 2.89. The zero-order valence-corrected chi connectivity index (χ0v) is 9.00. The van der Waals surface area contributed by atoms with Gasteiger partial charge in [-0.3, -0.25) is 0 Å². The molecule has 4 nitrogen and oxygen atoms in total. The number of carbonyl (C=O) groups is 1. The Hall–Kier alpha value is -1.62. The van der Waals surface area contributed by atoms with Gasteiger partial charge in [0, 0.05) is 11.6 Å². The third kappa shape index (κ3) is 2.07. The lowest BCUT2D eigenvalue weighted by atomic mass is 10.4. The Bertz CT molecular complexity index is 448. The van der Waals surface area contributed by atoms with Gasteiger partial charge in [-0.05, 0) is 19.1 Å². The van der Waals surface area contributed by atoms with Crippen LogP contribution in [0.2, 0.25) is 0 Å². The molecule has 2 aromatic heterocycles. The van der Waals surface area contributed by atoms with Gasteiger partial charge in [0.05, 0.1) is 12.3 Å². The highest BCUT2D eigenvalue weighted by atomic mass is 32.1. The molecular weight excluding hydrogens is 212 g/mol. The van der Waals surface area contributed by atoms with E-state index in [1.165, 1.54) is 11.3 Å². The standard InChI is InChI=1S/C10H10N2O2S/c1-2-14-10(13)8-6-15-9(12-8)7-4-3-5-11-7/h3-6,11H,2H2,1H3. The molecule has 2 rings (SSSR count). The van der Waals surface area contributed by atoms with E-state index in [-0.39, 0.29) is 5.97 Å². The largest absolute Gasteiger partial charge is 0.461 e. The Kier molecular flexibility index (Phi) is 2.82. The first kappa shape index (κ1) is 9.92. The number of nitrogens with one attached hydrogen (secondary N) is 1. The van der Waals surface area contributed by atoms with Gasteiger partial charge in [-0.15, -0.1) is 11.3 Å². The summed E-state index contributed by atoms with van der Waals surface area (Å²) in [7, 11) is 0. The Morgan fingerprint density at radius 2 is 2.53 bits per heavy atom. The summed E-state index contributed by atoms with van der Waals surface area (Å²) < 4.78 is 4.85. The van der Waals surface area contributed by atoms with Gasteiger partial charge in [-0.25, -0.2) is 9.78 Å². The molecule has 2 heterocycles. The van der Waals surface area contributed by atoms with Crippen molar-refractivity contribution in [2.75, 3.05) is 6.61 Å². The zero-order chi connectivity index (χ0) is 10.7. The van der Waals surface area contributed by atoms with Crippen molar-refractivity contribution in [2.45, 2.75) is 6.92 Å². The fourth-order valence-corrected chi connectivity index (χ4v) is 1.94. The first-order chi connectivity index (χ1) is 7.31. The molecule has 0 saturated heterocycles. The lowest BCUT2D eigenvalue weighted by molar-refractivity contribution is 0.0520. The molecule has 0 fully saturated rings. The number of carbonyl (C=O) groups excluding carboxylic acids is 1. The molecule has 0 radical (unpaired) electrons. The van der Waals surface area contributed by atoms with Crippen LogP contribution in [0, 0.1) is 0 Å². The number of esters is 1. The molecule has 0 atom stereocenters. The first-order valence-corrected chi connectivity index (χ1v) is 5.45. The normalized spacial score (nSPS) is 10.2. The summed E-state index contributed by atoms with van der Waals surface area (Å²) in [6, 6.07) is 3.80. The predicted molar refractivity (Wildman–Crippen MR) is 57.9 cm³/mol. The average molecular weight is 222 g/mol. The number of aromatic nitrogens is 2. The fourth-order valence-electron chi connectivity index (χ4n) is 1.16. The molecule has 2 aromatic rings. The highest BCUT2D eigenvalue weighted by Gasteiger charge is 2.12. The third-order valence-corrected chi connectivity index (χ3v) is 2.69. The van der Waals surface area contributed by atoms with Gasteiger partial charge in [-0.1, -0.05) is 0 Å². The number of H-pyrrole nitrogens is 1. The molecule has 0 aliphatic carbocycles. The van der Waals surface area contributed by atoms with Gasteiger partial charge < -0.3 is 9.72 Å². The van der Waals surface area contributed by atoms with Gasteiger partial charge in [0.15, 0.2) is 5.69 Å². The van der Waals surface area contributed by atoms with Gasteiger partial charge >= 0.3 is 5.97 Å². The van der Waals surface area contributed by atoms with Crippen LogP contribution in [0.3, 0.4) is 0 Å². The molecule has 0 spiro atoms. The number of aromatic amines is 1. The van der Waals surface area contributed by atoms with E-state index in [4.69, 9.17) is 4.74 Å². The summed E-state index contributed by atoms with van der Waals surface area (Å²) in [6.45, 7) is 2.14. The van der Waals surface area contributed by atoms with Crippen molar-refractivity contribution in [2.24, 2.45) is 0 Å². The summed E-state index contributed by atoms with van der Waals surface area (Å²) >= 11 is 1.42. The van der Waals surface area contributed by atoms with E-state index in [9.17, 15) is 4.79 Å². The second-order valence-electron chi connectivity index (χ2n) is 2.84. The topological polar surface area (TPSA) is 55.0 Å². The van der Waals surface area contributed by atoms with E-state index in [1.807, 2.05) is 18.3 Å². The van der Waals surface area contributed by atoms with Crippen molar-refractivity contribution in [1.29, 1.82) is 0 Å². The minimum Gasteiger partial charge on any atom is -0.461 e. The SMILES string of the molecule is CCOC(=O)c1csc(-c2ccc[nH]2)n1. The molecule has 0 amide bonds. The van der Waals surface area contributed by atoms with Crippen LogP contribution in [0.4, 0.5) is 0 Å². The summed E-state index contributed by atoms with van der Waals surface area (Å²) in [5.74, 6) is -0.369. The van der Waals surface area contributed by atoms with E-state index < -0.39 is 0 Å². The van der Waals surface area contributed by atoms with Crippen LogP contribution < -0.4 is 0 Å². The summed E-state index contributed by atoms with van der Waals surface area (Å²) in [4.78, 5) is 18.6. The Morgan fingerprint density at radius 3 is 3.20 bits per heavy atom. The summed E-state index contributed by atoms with van der Waals surface area (Å²) in [5, 5.41) is 2.50. The van der Waals surface area contributed by atoms with Crippen molar-refractivity contribution >= 4 is 17.3 Å². The number of nitrogens with zero attached hydrogens (tertiary/aromatic N) is 1. The maximum absolute atomic E-state index is 11.3. The van der Waals surface area contributed by atoms with Gasteiger partial charge in [-0.2, -0.15) is 0 Å². The van der Waals surface area contributed by atoms with Gasteiger partial charge in [0.1, 0.15) is 5.01 Å². The molecule has 0 saturated carbocycles. The number of thiazole rings is 1. The lowest BCUT2D eigenvalue weighted by Gasteiger charge is -1.95. The minimum absolute atomic E-state index is 0.367. The number of hydrogen-bond acceptors (Lipinski definition) is 4. The second-order valence-corrected chi connectivity index (χ2v) is 3.70. The Morgan fingerprint density at radius 1 is 1.67 bits per heavy atom. The maximum Gasteiger partial charge on any atom is 0.357 e. The van der Waals surface area contributed by atoms with E-state index in [0.29, 0.717) is 12.3 Å². The van der Waals surface area contributed by atoms with Crippen molar-refractivity contribution < 1.29 is 9.53 Å². The van der Waals surface area contributed by atoms with E-state index in [0.717, 1.165) is 10.7 Å². The van der Waals surface area contributed by atoms with Crippen molar-refractivity contribution in [3.8, 4) is 10.7 Å². The lowest BCUT2D eigenvalue weighted by Crippen LogP contribution is -2.04. The summed E-state index contributed by atoms with van der Waals surface area (Å²) in [5.41, 5.74) is 1.28. The molecular formula is C10H10N2O2S. The molecule has 5 heteroatoms. The van der Waals surface area contributed by atoms with Crippen LogP contribution in [0.25, 0.3) is 10.7 Å². The van der Waals surface area contributed by atoms with Crippen molar-refractivity contribution in [1.82, 2.24) is 9.97 Å². The van der Waals surface area contributed by atoms with Crippen LogP contribution >= 0.6 is 11.3 Å². The number of hydrogen-bond donors (Lipinski definition) is 1. The van der Waals surface area contributed by atoms with Crippen LogP contribution in [0.15, 0.2) is 23.7 Å². The molecule has 0 bridgehead atoms. The molecule has 78 valence electrons. The van der Waals surface area contributed by atoms with Crippen LogP contribution in [0.5, 0.6) is 0 Å². The highest BCUT2D eigenvalue weighted by Crippen LogP contribution is 2.21. The minimum atomic E-state index is -0.369. The third-order valence-electron chi connectivity index (χ3n) is 1.82. The number of ether oxygens (including phenoxy) is 1. The zero-order valence-electron chi connectivity index (χ0n) is 8.19. The summed E-state index contributed by atoms with van der Waals surface area (Å²) in [6.07, 6.45) is 1.82. The molecule has 0 aliphatic rings. The predicted octanol–water partition coefficient (Wildman–Crippen LogP) is 2.31. The Balaban J connectivity index is 2.21. The second kappa shape index (κ2) is 4.27. The molecule has 0 aromatic carbocycles. The van der Waals surface area contributed by atoms with Gasteiger partial charge in [0.25, 0.3) is 0 Å². The molecule has 1 N–H and O–H groups in total. The Labute approximate surface area is 90.9 Å². The van der Waals surface area contributed by atoms with Crippen LogP contribution in [-0.4, -0.2) is 22.5 Å². The smallest absolute Gasteiger partial charge is 0.357 e. The number of rotatable bonds is 3. The van der Waals surface area contributed by atoms with Crippen LogP contribution in [-0.2, 0) is 4.74 Å². The molecule has 15 heavy (non-hydrogen) atoms. The molecule has 0 unspecified atom stereocenters. The van der Waals surface area contributed by atoms with Crippen molar-refractivity contribution in [3.63, 3.8) is 0 Å². The first-order valence-electron chi connectivity index (χ1n) is 4.57.